The molecule has 1 nitrogen and oxygen atoms in total. The Morgan fingerprint density at radius 2 is 1.81 bits per heavy atom. The van der Waals surface area contributed by atoms with Crippen LogP contribution >= 0.6 is 0 Å². The van der Waals surface area contributed by atoms with E-state index in [0.29, 0.717) is 5.56 Å². The fourth-order valence-electron chi connectivity index (χ4n) is 2.19. The Labute approximate surface area is 94.9 Å². The van der Waals surface area contributed by atoms with Gasteiger partial charge in [-0.1, -0.05) is 13.8 Å². The van der Waals surface area contributed by atoms with Crippen LogP contribution < -0.4 is 5.32 Å². The van der Waals surface area contributed by atoms with Crippen LogP contribution in [0.5, 0.6) is 0 Å². The predicted molar refractivity (Wildman–Crippen MR) is 60.1 cm³/mol. The summed E-state index contributed by atoms with van der Waals surface area (Å²) in [4.78, 5) is 0. The van der Waals surface area contributed by atoms with Crippen LogP contribution in [0.2, 0.25) is 0 Å². The number of rotatable bonds is 1. The number of benzene rings is 1. The zero-order valence-corrected chi connectivity index (χ0v) is 9.69. The maximum absolute atomic E-state index is 13.1. The van der Waals surface area contributed by atoms with Crippen molar-refractivity contribution in [3.63, 3.8) is 0 Å². The molecule has 1 aliphatic rings. The van der Waals surface area contributed by atoms with E-state index in [9.17, 15) is 8.78 Å². The maximum Gasteiger partial charge on any atom is 0.126 e. The zero-order valence-electron chi connectivity index (χ0n) is 9.69. The molecule has 1 aromatic carbocycles. The molecule has 88 valence electrons. The van der Waals surface area contributed by atoms with Gasteiger partial charge in [-0.15, -0.1) is 0 Å². The van der Waals surface area contributed by atoms with Crippen LogP contribution in [-0.4, -0.2) is 6.54 Å². The third-order valence-corrected chi connectivity index (χ3v) is 3.22. The lowest BCUT2D eigenvalue weighted by Crippen LogP contribution is -2.38. The van der Waals surface area contributed by atoms with Crippen molar-refractivity contribution < 1.29 is 8.78 Å². The molecule has 1 fully saturated rings. The lowest BCUT2D eigenvalue weighted by atomic mass is 9.81. The summed E-state index contributed by atoms with van der Waals surface area (Å²) in [6, 6.07) is 3.83. The van der Waals surface area contributed by atoms with E-state index >= 15 is 0 Å². The molecule has 16 heavy (non-hydrogen) atoms. The molecule has 0 spiro atoms. The van der Waals surface area contributed by atoms with Crippen molar-refractivity contribution in [2.24, 2.45) is 5.41 Å². The van der Waals surface area contributed by atoms with Crippen LogP contribution in [0.3, 0.4) is 0 Å². The second-order valence-corrected chi connectivity index (χ2v) is 5.34. The van der Waals surface area contributed by atoms with E-state index in [4.69, 9.17) is 0 Å². The van der Waals surface area contributed by atoms with Gasteiger partial charge >= 0.3 is 0 Å². The SMILES string of the molecule is CC1(C)CCC(c2cc(F)cc(F)c2)NC1. The van der Waals surface area contributed by atoms with Crippen LogP contribution in [0.25, 0.3) is 0 Å². The summed E-state index contributed by atoms with van der Waals surface area (Å²) in [6.07, 6.45) is 2.00. The van der Waals surface area contributed by atoms with Crippen LogP contribution in [0, 0.1) is 17.0 Å². The third-order valence-electron chi connectivity index (χ3n) is 3.22. The molecular weight excluding hydrogens is 208 g/mol. The second-order valence-electron chi connectivity index (χ2n) is 5.34. The average molecular weight is 225 g/mol. The van der Waals surface area contributed by atoms with Gasteiger partial charge < -0.3 is 5.32 Å². The first-order chi connectivity index (χ1) is 7.46. The highest BCUT2D eigenvalue weighted by Crippen LogP contribution is 2.33. The molecule has 3 heteroatoms. The van der Waals surface area contributed by atoms with Gasteiger partial charge in [0, 0.05) is 18.7 Å². The lowest BCUT2D eigenvalue weighted by Gasteiger charge is -2.35. The van der Waals surface area contributed by atoms with Crippen molar-refractivity contribution in [2.45, 2.75) is 32.7 Å². The molecule has 0 amide bonds. The Bertz CT molecular complexity index is 357. The molecule has 2 rings (SSSR count). The predicted octanol–water partition coefficient (Wildman–Crippen LogP) is 3.42. The Morgan fingerprint density at radius 1 is 1.19 bits per heavy atom. The van der Waals surface area contributed by atoms with Gasteiger partial charge in [0.25, 0.3) is 0 Å². The molecule has 0 bridgehead atoms. The van der Waals surface area contributed by atoms with Crippen molar-refractivity contribution in [1.82, 2.24) is 5.32 Å². The number of nitrogens with one attached hydrogen (secondary N) is 1. The van der Waals surface area contributed by atoms with Gasteiger partial charge in [0.2, 0.25) is 0 Å². The van der Waals surface area contributed by atoms with Crippen LogP contribution in [0.4, 0.5) is 8.78 Å². The van der Waals surface area contributed by atoms with Crippen LogP contribution in [0.1, 0.15) is 38.3 Å². The standard InChI is InChI=1S/C13H17F2N/c1-13(2)4-3-12(16-8-13)9-5-10(14)7-11(15)6-9/h5-7,12,16H,3-4,8H2,1-2H3. The van der Waals surface area contributed by atoms with Gasteiger partial charge in [0.05, 0.1) is 0 Å². The monoisotopic (exact) mass is 225 g/mol. The van der Waals surface area contributed by atoms with E-state index in [1.807, 2.05) is 0 Å². The van der Waals surface area contributed by atoms with Crippen molar-refractivity contribution >= 4 is 0 Å². The summed E-state index contributed by atoms with van der Waals surface area (Å²) in [5, 5.41) is 3.35. The Hall–Kier alpha value is -0.960. The topological polar surface area (TPSA) is 12.0 Å². The van der Waals surface area contributed by atoms with E-state index < -0.39 is 11.6 Å². The molecule has 0 saturated carbocycles. The molecule has 0 aromatic heterocycles. The fourth-order valence-corrected chi connectivity index (χ4v) is 2.19. The first-order valence-corrected chi connectivity index (χ1v) is 5.66. The minimum Gasteiger partial charge on any atom is -0.309 e. The van der Waals surface area contributed by atoms with Crippen molar-refractivity contribution in [3.05, 3.63) is 35.4 Å². The van der Waals surface area contributed by atoms with Crippen LogP contribution in [-0.2, 0) is 0 Å². The Balaban J connectivity index is 2.14. The van der Waals surface area contributed by atoms with E-state index in [1.165, 1.54) is 12.1 Å². The molecule has 1 N–H and O–H groups in total. The number of hydrogen-bond donors (Lipinski definition) is 1. The number of halogens is 2. The molecule has 1 aliphatic heterocycles. The highest BCUT2D eigenvalue weighted by Gasteiger charge is 2.27. The summed E-state index contributed by atoms with van der Waals surface area (Å²) in [5.41, 5.74) is 0.996. The third kappa shape index (κ3) is 2.59. The van der Waals surface area contributed by atoms with Gasteiger partial charge in [0.15, 0.2) is 0 Å². The summed E-state index contributed by atoms with van der Waals surface area (Å²) < 4.78 is 26.1. The Morgan fingerprint density at radius 3 is 2.31 bits per heavy atom. The van der Waals surface area contributed by atoms with E-state index in [0.717, 1.165) is 25.5 Å². The highest BCUT2D eigenvalue weighted by atomic mass is 19.1. The minimum absolute atomic E-state index is 0.0817. The molecule has 1 heterocycles. The van der Waals surface area contributed by atoms with Gasteiger partial charge in [-0.05, 0) is 36.0 Å². The highest BCUT2D eigenvalue weighted by molar-refractivity contribution is 5.22. The molecule has 1 unspecified atom stereocenters. The minimum atomic E-state index is -0.498. The van der Waals surface area contributed by atoms with Crippen molar-refractivity contribution in [2.75, 3.05) is 6.54 Å². The summed E-state index contributed by atoms with van der Waals surface area (Å²) >= 11 is 0. The Kier molecular flexibility index (Phi) is 2.98. The first kappa shape index (κ1) is 11.5. The number of piperidine rings is 1. The second kappa shape index (κ2) is 4.13. The van der Waals surface area contributed by atoms with Crippen molar-refractivity contribution in [1.29, 1.82) is 0 Å². The molecule has 1 aromatic rings. The molecular formula is C13H17F2N. The van der Waals surface area contributed by atoms with Gasteiger partial charge in [-0.25, -0.2) is 8.78 Å². The quantitative estimate of drug-likeness (QED) is 0.772. The van der Waals surface area contributed by atoms with Gasteiger partial charge in [-0.2, -0.15) is 0 Å². The average Bonchev–Trinajstić information content (AvgIpc) is 2.15. The lowest BCUT2D eigenvalue weighted by molar-refractivity contribution is 0.223. The van der Waals surface area contributed by atoms with E-state index in [2.05, 4.69) is 19.2 Å². The van der Waals surface area contributed by atoms with E-state index in [1.54, 1.807) is 0 Å². The van der Waals surface area contributed by atoms with E-state index in [-0.39, 0.29) is 11.5 Å². The van der Waals surface area contributed by atoms with Crippen molar-refractivity contribution in [3.8, 4) is 0 Å². The fraction of sp³-hybridized carbons (Fsp3) is 0.538. The molecule has 0 aliphatic carbocycles. The van der Waals surface area contributed by atoms with Gasteiger partial charge in [0.1, 0.15) is 11.6 Å². The van der Waals surface area contributed by atoms with Crippen LogP contribution in [0.15, 0.2) is 18.2 Å². The maximum atomic E-state index is 13.1. The normalized spacial score (nSPS) is 24.4. The number of hydrogen-bond acceptors (Lipinski definition) is 1. The summed E-state index contributed by atoms with van der Waals surface area (Å²) in [6.45, 7) is 5.28. The largest absolute Gasteiger partial charge is 0.309 e. The zero-order chi connectivity index (χ0) is 11.8. The smallest absolute Gasteiger partial charge is 0.126 e. The molecule has 1 atom stereocenters. The molecule has 0 radical (unpaired) electrons. The summed E-state index contributed by atoms with van der Waals surface area (Å²) in [5.74, 6) is -0.997. The van der Waals surface area contributed by atoms with Gasteiger partial charge in [-0.3, -0.25) is 0 Å². The first-order valence-electron chi connectivity index (χ1n) is 5.66. The summed E-state index contributed by atoms with van der Waals surface area (Å²) in [7, 11) is 0. The molecule has 1 saturated heterocycles.